The molecule has 2 heterocycles. The second kappa shape index (κ2) is 11.2. The predicted octanol–water partition coefficient (Wildman–Crippen LogP) is 5.43. The molecule has 1 aliphatic rings. The number of benzene rings is 3. The van der Waals surface area contributed by atoms with Crippen LogP contribution in [0, 0.1) is 0 Å². The zero-order chi connectivity index (χ0) is 26.5. The van der Waals surface area contributed by atoms with Gasteiger partial charge >= 0.3 is 6.03 Å². The smallest absolute Gasteiger partial charge is 0.323 e. The van der Waals surface area contributed by atoms with Gasteiger partial charge in [-0.1, -0.05) is 29.8 Å². The van der Waals surface area contributed by atoms with Crippen LogP contribution in [0.2, 0.25) is 5.02 Å². The summed E-state index contributed by atoms with van der Waals surface area (Å²) in [4.78, 5) is 30.6. The minimum Gasteiger partial charge on any atom is -0.487 e. The van der Waals surface area contributed by atoms with Gasteiger partial charge in [0.25, 0.3) is 5.91 Å². The monoisotopic (exact) mass is 529 g/mol. The largest absolute Gasteiger partial charge is 0.487 e. The number of amides is 3. The standard InChI is InChI=1S/C28H24ClN5O4/c29-19-5-1-4-18(14-19)26-24(27(35)33-37)7-2-8-25(26)34-16-23(17-34)38-22-11-9-20(10-12-22)31-28(36)32-21-6-3-13-30-15-21/h1-15,23,37H,16-17H2,(H,33,35)(H2,31,32,36). The van der Waals surface area contributed by atoms with Gasteiger partial charge in [0.2, 0.25) is 0 Å². The van der Waals surface area contributed by atoms with E-state index in [-0.39, 0.29) is 12.1 Å². The molecule has 4 aromatic rings. The normalized spacial score (nSPS) is 12.8. The molecule has 0 radical (unpaired) electrons. The fourth-order valence-electron chi connectivity index (χ4n) is 4.25. The van der Waals surface area contributed by atoms with Gasteiger partial charge in [0, 0.05) is 28.2 Å². The molecule has 1 fully saturated rings. The topological polar surface area (TPSA) is 116 Å². The van der Waals surface area contributed by atoms with Crippen LogP contribution in [0.4, 0.5) is 21.9 Å². The van der Waals surface area contributed by atoms with Gasteiger partial charge in [-0.05, 0) is 66.2 Å². The first-order chi connectivity index (χ1) is 18.5. The lowest BCUT2D eigenvalue weighted by molar-refractivity contribution is 0.0707. The number of nitrogens with one attached hydrogen (secondary N) is 3. The van der Waals surface area contributed by atoms with Crippen LogP contribution in [0.5, 0.6) is 5.75 Å². The van der Waals surface area contributed by atoms with Crippen LogP contribution in [0.15, 0.2) is 91.3 Å². The molecule has 0 spiro atoms. The molecule has 4 N–H and O–H groups in total. The number of pyridine rings is 1. The van der Waals surface area contributed by atoms with Crippen molar-refractivity contribution in [3.63, 3.8) is 0 Å². The number of anilines is 3. The third kappa shape index (κ3) is 5.69. The minimum absolute atomic E-state index is 0.0646. The number of hydrogen-bond donors (Lipinski definition) is 4. The lowest BCUT2D eigenvalue weighted by Crippen LogP contribution is -2.54. The number of carbonyl (C=O) groups excluding carboxylic acids is 2. The number of urea groups is 1. The van der Waals surface area contributed by atoms with Crippen molar-refractivity contribution in [2.45, 2.75) is 6.10 Å². The molecule has 10 heteroatoms. The molecular weight excluding hydrogens is 506 g/mol. The number of nitrogens with zero attached hydrogens (tertiary/aromatic N) is 2. The van der Waals surface area contributed by atoms with E-state index in [1.807, 2.05) is 18.2 Å². The Morgan fingerprint density at radius 2 is 1.71 bits per heavy atom. The molecule has 192 valence electrons. The lowest BCUT2D eigenvalue weighted by atomic mass is 9.95. The van der Waals surface area contributed by atoms with Crippen molar-refractivity contribution in [2.75, 3.05) is 28.6 Å². The van der Waals surface area contributed by atoms with Crippen molar-refractivity contribution in [1.29, 1.82) is 0 Å². The number of carbonyl (C=O) groups is 2. The molecule has 0 saturated carbocycles. The molecule has 0 unspecified atom stereocenters. The fourth-order valence-corrected chi connectivity index (χ4v) is 4.44. The van der Waals surface area contributed by atoms with E-state index in [4.69, 9.17) is 16.3 Å². The summed E-state index contributed by atoms with van der Waals surface area (Å²) in [5.74, 6) is 0.0781. The lowest BCUT2D eigenvalue weighted by Gasteiger charge is -2.42. The Balaban J connectivity index is 1.23. The second-order valence-electron chi connectivity index (χ2n) is 8.64. The average Bonchev–Trinajstić information content (AvgIpc) is 2.91. The first-order valence-corrected chi connectivity index (χ1v) is 12.2. The summed E-state index contributed by atoms with van der Waals surface area (Å²) >= 11 is 6.22. The molecule has 9 nitrogen and oxygen atoms in total. The van der Waals surface area contributed by atoms with Crippen molar-refractivity contribution < 1.29 is 19.5 Å². The highest BCUT2D eigenvalue weighted by molar-refractivity contribution is 6.31. The highest BCUT2D eigenvalue weighted by Crippen LogP contribution is 2.38. The molecule has 38 heavy (non-hydrogen) atoms. The molecule has 0 atom stereocenters. The van der Waals surface area contributed by atoms with Gasteiger partial charge in [-0.2, -0.15) is 0 Å². The van der Waals surface area contributed by atoms with Crippen molar-refractivity contribution in [3.05, 3.63) is 102 Å². The molecule has 1 aromatic heterocycles. The van der Waals surface area contributed by atoms with Crippen molar-refractivity contribution in [1.82, 2.24) is 10.5 Å². The summed E-state index contributed by atoms with van der Waals surface area (Å²) < 4.78 is 6.10. The maximum Gasteiger partial charge on any atom is 0.323 e. The highest BCUT2D eigenvalue weighted by Gasteiger charge is 2.31. The number of ether oxygens (including phenoxy) is 1. The Morgan fingerprint density at radius 1 is 0.947 bits per heavy atom. The molecule has 3 aromatic carbocycles. The van der Waals surface area contributed by atoms with E-state index >= 15 is 0 Å². The number of halogens is 1. The zero-order valence-electron chi connectivity index (χ0n) is 20.1. The molecule has 1 saturated heterocycles. The summed E-state index contributed by atoms with van der Waals surface area (Å²) in [5.41, 5.74) is 5.58. The van der Waals surface area contributed by atoms with E-state index in [9.17, 15) is 14.8 Å². The van der Waals surface area contributed by atoms with Crippen LogP contribution < -0.4 is 25.8 Å². The number of rotatable bonds is 7. The van der Waals surface area contributed by atoms with E-state index in [1.165, 1.54) is 0 Å². The van der Waals surface area contributed by atoms with Gasteiger partial charge in [0.15, 0.2) is 0 Å². The summed E-state index contributed by atoms with van der Waals surface area (Å²) in [6.07, 6.45) is 3.13. The Labute approximate surface area is 224 Å². The van der Waals surface area contributed by atoms with Crippen LogP contribution >= 0.6 is 11.6 Å². The van der Waals surface area contributed by atoms with Crippen LogP contribution in [0.25, 0.3) is 11.1 Å². The average molecular weight is 530 g/mol. The summed E-state index contributed by atoms with van der Waals surface area (Å²) in [6.45, 7) is 1.20. The summed E-state index contributed by atoms with van der Waals surface area (Å²) in [5, 5.41) is 15.3. The molecule has 5 rings (SSSR count). The third-order valence-corrected chi connectivity index (χ3v) is 6.26. The van der Waals surface area contributed by atoms with E-state index in [1.54, 1.807) is 78.5 Å². The minimum atomic E-state index is -0.599. The second-order valence-corrected chi connectivity index (χ2v) is 9.08. The quantitative estimate of drug-likeness (QED) is 0.187. The van der Waals surface area contributed by atoms with Gasteiger partial charge in [-0.3, -0.25) is 15.0 Å². The van der Waals surface area contributed by atoms with E-state index in [2.05, 4.69) is 20.5 Å². The van der Waals surface area contributed by atoms with E-state index in [0.29, 0.717) is 46.4 Å². The number of hydroxylamine groups is 1. The Morgan fingerprint density at radius 3 is 2.42 bits per heavy atom. The fraction of sp³-hybridized carbons (Fsp3) is 0.107. The van der Waals surface area contributed by atoms with Crippen molar-refractivity contribution in [3.8, 4) is 16.9 Å². The van der Waals surface area contributed by atoms with E-state index in [0.717, 1.165) is 11.3 Å². The number of aromatic nitrogens is 1. The first-order valence-electron chi connectivity index (χ1n) is 11.8. The molecule has 0 aliphatic carbocycles. The van der Waals surface area contributed by atoms with Gasteiger partial charge in [0.05, 0.1) is 30.5 Å². The molecule has 1 aliphatic heterocycles. The maximum absolute atomic E-state index is 12.4. The first kappa shape index (κ1) is 25.1. The van der Waals surface area contributed by atoms with Gasteiger partial charge in [-0.15, -0.1) is 0 Å². The summed E-state index contributed by atoms with van der Waals surface area (Å²) in [6, 6.07) is 22.9. The molecule has 0 bridgehead atoms. The third-order valence-electron chi connectivity index (χ3n) is 6.02. The van der Waals surface area contributed by atoms with Crippen LogP contribution in [0.1, 0.15) is 10.4 Å². The maximum atomic E-state index is 12.4. The van der Waals surface area contributed by atoms with Crippen LogP contribution in [-0.2, 0) is 0 Å². The van der Waals surface area contributed by atoms with Crippen LogP contribution in [0.3, 0.4) is 0 Å². The van der Waals surface area contributed by atoms with Crippen molar-refractivity contribution in [2.24, 2.45) is 0 Å². The van der Waals surface area contributed by atoms with E-state index < -0.39 is 5.91 Å². The van der Waals surface area contributed by atoms with Gasteiger partial charge in [-0.25, -0.2) is 10.3 Å². The number of hydrogen-bond acceptors (Lipinski definition) is 6. The van der Waals surface area contributed by atoms with Gasteiger partial charge < -0.3 is 20.3 Å². The SMILES string of the molecule is O=C(Nc1ccc(OC2CN(c3cccc(C(=O)NO)c3-c3cccc(Cl)c3)C2)cc1)Nc1cccnc1. The Hall–Kier alpha value is -4.60. The van der Waals surface area contributed by atoms with Crippen LogP contribution in [-0.4, -0.2) is 41.3 Å². The molecular formula is C28H24ClN5O4. The molecule has 3 amide bonds. The Bertz CT molecular complexity index is 1440. The zero-order valence-corrected chi connectivity index (χ0v) is 20.9. The predicted molar refractivity (Wildman–Crippen MR) is 146 cm³/mol. The Kier molecular flexibility index (Phi) is 7.39. The van der Waals surface area contributed by atoms with Crippen molar-refractivity contribution >= 4 is 40.6 Å². The summed E-state index contributed by atoms with van der Waals surface area (Å²) in [7, 11) is 0. The van der Waals surface area contributed by atoms with Gasteiger partial charge in [0.1, 0.15) is 11.9 Å². The highest BCUT2D eigenvalue weighted by atomic mass is 35.5.